The molecule has 1 fully saturated rings. The van der Waals surface area contributed by atoms with Gasteiger partial charge in [0.05, 0.1) is 13.2 Å². The highest BCUT2D eigenvalue weighted by atomic mass is 16.5. The number of likely N-dealkylation sites (tertiary alicyclic amines) is 1. The van der Waals surface area contributed by atoms with E-state index in [1.54, 1.807) is 4.90 Å². The molecule has 1 saturated heterocycles. The van der Waals surface area contributed by atoms with E-state index in [1.165, 1.54) is 0 Å². The first-order chi connectivity index (χ1) is 9.54. The van der Waals surface area contributed by atoms with Crippen molar-refractivity contribution in [1.29, 1.82) is 0 Å². The molecule has 0 radical (unpaired) electrons. The molecule has 0 bridgehead atoms. The van der Waals surface area contributed by atoms with E-state index in [0.29, 0.717) is 19.8 Å². The fourth-order valence-electron chi connectivity index (χ4n) is 2.20. The van der Waals surface area contributed by atoms with Gasteiger partial charge < -0.3 is 14.9 Å². The van der Waals surface area contributed by atoms with Gasteiger partial charge in [0.1, 0.15) is 0 Å². The highest BCUT2D eigenvalue weighted by Gasteiger charge is 2.55. The third kappa shape index (κ3) is 2.97. The van der Waals surface area contributed by atoms with E-state index in [1.807, 2.05) is 30.3 Å². The topological polar surface area (TPSA) is 87.1 Å². The molecular formula is C14H17NO5. The van der Waals surface area contributed by atoms with E-state index in [2.05, 4.69) is 0 Å². The second-order valence-corrected chi connectivity index (χ2v) is 4.94. The number of aliphatic carboxylic acids is 2. The van der Waals surface area contributed by atoms with Gasteiger partial charge in [-0.2, -0.15) is 0 Å². The molecule has 0 saturated carbocycles. The van der Waals surface area contributed by atoms with Crippen molar-refractivity contribution in [2.75, 3.05) is 26.2 Å². The third-order valence-corrected chi connectivity index (χ3v) is 3.47. The minimum atomic E-state index is -1.64. The Bertz CT molecular complexity index is 466. The van der Waals surface area contributed by atoms with Gasteiger partial charge in [0.25, 0.3) is 0 Å². The number of hydrogen-bond acceptors (Lipinski definition) is 4. The molecule has 0 atom stereocenters. The zero-order valence-corrected chi connectivity index (χ0v) is 11.0. The normalized spacial score (nSPS) is 17.4. The smallest absolute Gasteiger partial charge is 0.323 e. The number of rotatable bonds is 7. The molecule has 0 aromatic heterocycles. The summed E-state index contributed by atoms with van der Waals surface area (Å²) in [6, 6.07) is 9.72. The van der Waals surface area contributed by atoms with Crippen LogP contribution in [0.3, 0.4) is 0 Å². The number of carboxylic acid groups (broad SMARTS) is 2. The van der Waals surface area contributed by atoms with Crippen LogP contribution in [0.5, 0.6) is 0 Å². The number of carboxylic acids is 2. The van der Waals surface area contributed by atoms with Crippen molar-refractivity contribution in [2.45, 2.75) is 6.61 Å². The molecule has 0 aliphatic carbocycles. The second kappa shape index (κ2) is 6.02. The van der Waals surface area contributed by atoms with Crippen molar-refractivity contribution in [2.24, 2.45) is 5.41 Å². The lowest BCUT2D eigenvalue weighted by Gasteiger charge is -2.43. The van der Waals surface area contributed by atoms with Crippen molar-refractivity contribution < 1.29 is 24.5 Å². The lowest BCUT2D eigenvalue weighted by Crippen LogP contribution is -2.64. The number of benzene rings is 1. The van der Waals surface area contributed by atoms with Gasteiger partial charge in [-0.05, 0) is 5.56 Å². The average molecular weight is 279 g/mol. The van der Waals surface area contributed by atoms with Crippen LogP contribution in [-0.2, 0) is 20.9 Å². The zero-order chi connectivity index (χ0) is 14.6. The van der Waals surface area contributed by atoms with Crippen molar-refractivity contribution in [3.05, 3.63) is 35.9 Å². The summed E-state index contributed by atoms with van der Waals surface area (Å²) in [7, 11) is 0. The van der Waals surface area contributed by atoms with E-state index in [0.717, 1.165) is 5.56 Å². The first-order valence-electron chi connectivity index (χ1n) is 6.35. The van der Waals surface area contributed by atoms with E-state index in [4.69, 9.17) is 14.9 Å². The summed E-state index contributed by atoms with van der Waals surface area (Å²) in [5, 5.41) is 17.9. The van der Waals surface area contributed by atoms with Crippen LogP contribution in [0.4, 0.5) is 0 Å². The van der Waals surface area contributed by atoms with Crippen LogP contribution in [0.2, 0.25) is 0 Å². The van der Waals surface area contributed by atoms with E-state index in [9.17, 15) is 9.59 Å². The maximum absolute atomic E-state index is 11.0. The molecule has 1 heterocycles. The Balaban J connectivity index is 1.68. The summed E-state index contributed by atoms with van der Waals surface area (Å²) in [6.07, 6.45) is 0. The number of nitrogens with zero attached hydrogens (tertiary/aromatic N) is 1. The van der Waals surface area contributed by atoms with Crippen LogP contribution in [0.25, 0.3) is 0 Å². The summed E-state index contributed by atoms with van der Waals surface area (Å²) in [6.45, 7) is 1.55. The summed E-state index contributed by atoms with van der Waals surface area (Å²) >= 11 is 0. The Kier molecular flexibility index (Phi) is 4.36. The Hall–Kier alpha value is -1.92. The molecule has 1 aliphatic rings. The van der Waals surface area contributed by atoms with Gasteiger partial charge in [0.2, 0.25) is 0 Å². The van der Waals surface area contributed by atoms with Crippen molar-refractivity contribution in [3.8, 4) is 0 Å². The number of hydrogen-bond donors (Lipinski definition) is 2. The molecular weight excluding hydrogens is 262 g/mol. The molecule has 0 unspecified atom stereocenters. The zero-order valence-electron chi connectivity index (χ0n) is 11.0. The predicted molar refractivity (Wildman–Crippen MR) is 70.2 cm³/mol. The average Bonchev–Trinajstić information content (AvgIpc) is 2.36. The first kappa shape index (κ1) is 14.5. The quantitative estimate of drug-likeness (QED) is 0.563. The lowest BCUT2D eigenvalue weighted by atomic mass is 9.80. The molecule has 0 amide bonds. The number of carbonyl (C=O) groups is 2. The molecule has 6 nitrogen and oxygen atoms in total. The van der Waals surface area contributed by atoms with E-state index >= 15 is 0 Å². The van der Waals surface area contributed by atoms with Crippen LogP contribution in [-0.4, -0.2) is 53.3 Å². The van der Waals surface area contributed by atoms with Gasteiger partial charge in [0.15, 0.2) is 5.41 Å². The molecule has 0 spiro atoms. The van der Waals surface area contributed by atoms with Crippen LogP contribution in [0.1, 0.15) is 5.56 Å². The third-order valence-electron chi connectivity index (χ3n) is 3.47. The van der Waals surface area contributed by atoms with E-state index in [-0.39, 0.29) is 13.1 Å². The van der Waals surface area contributed by atoms with Gasteiger partial charge in [-0.1, -0.05) is 30.3 Å². The Morgan fingerprint density at radius 3 is 2.30 bits per heavy atom. The molecule has 108 valence electrons. The Morgan fingerprint density at radius 1 is 1.15 bits per heavy atom. The molecule has 1 aromatic carbocycles. The highest BCUT2D eigenvalue weighted by Crippen LogP contribution is 2.30. The van der Waals surface area contributed by atoms with Crippen molar-refractivity contribution in [1.82, 2.24) is 4.90 Å². The number of ether oxygens (including phenoxy) is 1. The van der Waals surface area contributed by atoms with Crippen molar-refractivity contribution in [3.63, 3.8) is 0 Å². The van der Waals surface area contributed by atoms with Crippen LogP contribution in [0, 0.1) is 5.41 Å². The van der Waals surface area contributed by atoms with Gasteiger partial charge in [0, 0.05) is 19.6 Å². The van der Waals surface area contributed by atoms with Gasteiger partial charge >= 0.3 is 11.9 Å². The van der Waals surface area contributed by atoms with Crippen LogP contribution in [0.15, 0.2) is 30.3 Å². The van der Waals surface area contributed by atoms with Crippen LogP contribution < -0.4 is 0 Å². The maximum Gasteiger partial charge on any atom is 0.323 e. The van der Waals surface area contributed by atoms with Gasteiger partial charge in [-0.3, -0.25) is 14.5 Å². The predicted octanol–water partition coefficient (Wildman–Crippen LogP) is 0.674. The minimum Gasteiger partial charge on any atom is -0.480 e. The fourth-order valence-corrected chi connectivity index (χ4v) is 2.20. The minimum absolute atomic E-state index is 0.0341. The summed E-state index contributed by atoms with van der Waals surface area (Å²) in [4.78, 5) is 23.7. The summed E-state index contributed by atoms with van der Waals surface area (Å²) < 4.78 is 5.48. The lowest BCUT2D eigenvalue weighted by molar-refractivity contribution is -0.178. The standard InChI is InChI=1S/C14H17NO5/c16-12(17)14(13(18)19)9-15(10-14)6-7-20-8-11-4-2-1-3-5-11/h1-5H,6-10H2,(H,16,17)(H,18,19). The first-order valence-corrected chi connectivity index (χ1v) is 6.35. The molecule has 1 aliphatic heterocycles. The molecule has 2 rings (SSSR count). The van der Waals surface area contributed by atoms with Gasteiger partial charge in [-0.15, -0.1) is 0 Å². The van der Waals surface area contributed by atoms with Crippen LogP contribution >= 0.6 is 0 Å². The monoisotopic (exact) mass is 279 g/mol. The van der Waals surface area contributed by atoms with Gasteiger partial charge in [-0.25, -0.2) is 0 Å². The SMILES string of the molecule is O=C(O)C1(C(=O)O)CN(CCOCc2ccccc2)C1. The molecule has 20 heavy (non-hydrogen) atoms. The maximum atomic E-state index is 11.0. The molecule has 1 aromatic rings. The largest absolute Gasteiger partial charge is 0.480 e. The second-order valence-electron chi connectivity index (χ2n) is 4.94. The molecule has 2 N–H and O–H groups in total. The highest BCUT2D eigenvalue weighted by molar-refractivity contribution is 6.00. The molecule has 6 heteroatoms. The fraction of sp³-hybridized carbons (Fsp3) is 0.429. The van der Waals surface area contributed by atoms with Crippen molar-refractivity contribution >= 4 is 11.9 Å². The summed E-state index contributed by atoms with van der Waals surface area (Å²) in [5.41, 5.74) is -0.569. The summed E-state index contributed by atoms with van der Waals surface area (Å²) in [5.74, 6) is -2.54. The Labute approximate surface area is 116 Å². The van der Waals surface area contributed by atoms with E-state index < -0.39 is 17.4 Å². The Morgan fingerprint density at radius 2 is 1.75 bits per heavy atom.